The molecule has 172 valence electrons. The van der Waals surface area contributed by atoms with E-state index in [1.165, 1.54) is 0 Å². The van der Waals surface area contributed by atoms with Crippen LogP contribution in [0.4, 0.5) is 0 Å². The van der Waals surface area contributed by atoms with Crippen LogP contribution in [0.25, 0.3) is 23.1 Å². The Labute approximate surface area is 203 Å². The Balaban J connectivity index is 1.54. The SMILES string of the molecule is CNC(=O)c1ccccc1Sc1ccc2c(/C=C/c3ccccn3)nn([C@H]3CCCCO3)c2c1. The summed E-state index contributed by atoms with van der Waals surface area (Å²) in [4.78, 5) is 18.7. The number of ether oxygens (including phenoxy) is 1. The lowest BCUT2D eigenvalue weighted by Crippen LogP contribution is -2.19. The minimum atomic E-state index is -0.0910. The predicted octanol–water partition coefficient (Wildman–Crippen LogP) is 5.81. The summed E-state index contributed by atoms with van der Waals surface area (Å²) < 4.78 is 8.09. The molecule has 2 aromatic heterocycles. The third-order valence-electron chi connectivity index (χ3n) is 5.82. The first kappa shape index (κ1) is 22.4. The second kappa shape index (κ2) is 10.2. The molecule has 1 fully saturated rings. The van der Waals surface area contributed by atoms with Crippen LogP contribution >= 0.6 is 11.8 Å². The summed E-state index contributed by atoms with van der Waals surface area (Å²) in [6.07, 6.45) is 8.85. The topological polar surface area (TPSA) is 69.0 Å². The summed E-state index contributed by atoms with van der Waals surface area (Å²) in [5, 5.41) is 8.72. The predicted molar refractivity (Wildman–Crippen MR) is 136 cm³/mol. The quantitative estimate of drug-likeness (QED) is 0.385. The first-order valence-electron chi connectivity index (χ1n) is 11.4. The number of nitrogens with zero attached hydrogens (tertiary/aromatic N) is 3. The summed E-state index contributed by atoms with van der Waals surface area (Å²) in [7, 11) is 1.65. The molecule has 0 spiro atoms. The van der Waals surface area contributed by atoms with E-state index in [-0.39, 0.29) is 12.1 Å². The number of amides is 1. The highest BCUT2D eigenvalue weighted by molar-refractivity contribution is 7.99. The second-order valence-electron chi connectivity index (χ2n) is 8.10. The third-order valence-corrected chi connectivity index (χ3v) is 6.89. The number of pyridine rings is 1. The fraction of sp³-hybridized carbons (Fsp3) is 0.222. The van der Waals surface area contributed by atoms with Gasteiger partial charge >= 0.3 is 0 Å². The van der Waals surface area contributed by atoms with Crippen LogP contribution in [0.5, 0.6) is 0 Å². The first-order valence-corrected chi connectivity index (χ1v) is 12.3. The Kier molecular flexibility index (Phi) is 6.74. The molecule has 1 atom stereocenters. The molecular formula is C27H26N4O2S. The van der Waals surface area contributed by atoms with Crippen molar-refractivity contribution in [3.05, 3.63) is 83.8 Å². The van der Waals surface area contributed by atoms with Crippen LogP contribution in [0.15, 0.2) is 76.7 Å². The van der Waals surface area contributed by atoms with E-state index in [1.54, 1.807) is 25.0 Å². The molecule has 0 radical (unpaired) electrons. The Morgan fingerprint density at radius 3 is 2.79 bits per heavy atom. The normalized spacial score (nSPS) is 16.2. The average Bonchev–Trinajstić information content (AvgIpc) is 3.26. The van der Waals surface area contributed by atoms with Gasteiger partial charge in [-0.2, -0.15) is 5.10 Å². The Morgan fingerprint density at radius 2 is 2.00 bits per heavy atom. The van der Waals surface area contributed by atoms with E-state index in [0.717, 1.165) is 58.0 Å². The molecule has 6 nitrogen and oxygen atoms in total. The monoisotopic (exact) mass is 470 g/mol. The van der Waals surface area contributed by atoms with Gasteiger partial charge in [-0.15, -0.1) is 0 Å². The number of benzene rings is 2. The van der Waals surface area contributed by atoms with E-state index in [4.69, 9.17) is 9.84 Å². The van der Waals surface area contributed by atoms with Gasteiger partial charge in [-0.1, -0.05) is 30.0 Å². The van der Waals surface area contributed by atoms with Crippen molar-refractivity contribution in [1.29, 1.82) is 0 Å². The van der Waals surface area contributed by atoms with Crippen LogP contribution in [-0.2, 0) is 4.74 Å². The van der Waals surface area contributed by atoms with Crippen molar-refractivity contribution in [1.82, 2.24) is 20.1 Å². The number of hydrogen-bond donors (Lipinski definition) is 1. The lowest BCUT2D eigenvalue weighted by atomic mass is 10.1. The maximum atomic E-state index is 12.3. The molecule has 5 rings (SSSR count). The smallest absolute Gasteiger partial charge is 0.252 e. The lowest BCUT2D eigenvalue weighted by Gasteiger charge is -2.23. The minimum absolute atomic E-state index is 0.0772. The van der Waals surface area contributed by atoms with Gasteiger partial charge in [-0.3, -0.25) is 9.78 Å². The van der Waals surface area contributed by atoms with Crippen molar-refractivity contribution in [2.75, 3.05) is 13.7 Å². The fourth-order valence-electron chi connectivity index (χ4n) is 4.11. The van der Waals surface area contributed by atoms with E-state index in [9.17, 15) is 4.79 Å². The second-order valence-corrected chi connectivity index (χ2v) is 9.21. The van der Waals surface area contributed by atoms with E-state index >= 15 is 0 Å². The van der Waals surface area contributed by atoms with Gasteiger partial charge in [0, 0.05) is 35.0 Å². The Morgan fingerprint density at radius 1 is 1.12 bits per heavy atom. The molecule has 1 saturated heterocycles. The van der Waals surface area contributed by atoms with Crippen molar-refractivity contribution >= 4 is 40.7 Å². The molecule has 34 heavy (non-hydrogen) atoms. The summed E-state index contributed by atoms with van der Waals surface area (Å²) in [5.41, 5.74) is 3.46. The molecule has 0 aliphatic carbocycles. The average molecular weight is 471 g/mol. The zero-order chi connectivity index (χ0) is 23.3. The largest absolute Gasteiger partial charge is 0.356 e. The van der Waals surface area contributed by atoms with Gasteiger partial charge in [0.1, 0.15) is 0 Å². The van der Waals surface area contributed by atoms with Crippen LogP contribution in [0.1, 0.15) is 47.2 Å². The highest BCUT2D eigenvalue weighted by atomic mass is 32.2. The van der Waals surface area contributed by atoms with Crippen molar-refractivity contribution in [2.24, 2.45) is 0 Å². The van der Waals surface area contributed by atoms with Crippen LogP contribution in [-0.4, -0.2) is 34.3 Å². The molecule has 1 amide bonds. The minimum Gasteiger partial charge on any atom is -0.356 e. The Hall–Kier alpha value is -3.42. The van der Waals surface area contributed by atoms with Gasteiger partial charge in [0.25, 0.3) is 5.91 Å². The third kappa shape index (κ3) is 4.76. The molecule has 2 aromatic carbocycles. The van der Waals surface area contributed by atoms with Crippen molar-refractivity contribution in [2.45, 2.75) is 35.3 Å². The molecular weight excluding hydrogens is 444 g/mol. The maximum absolute atomic E-state index is 12.3. The zero-order valence-corrected chi connectivity index (χ0v) is 19.8. The van der Waals surface area contributed by atoms with Gasteiger partial charge in [-0.25, -0.2) is 4.68 Å². The number of rotatable bonds is 6. The van der Waals surface area contributed by atoms with Gasteiger partial charge in [0.05, 0.1) is 22.5 Å². The number of nitrogens with one attached hydrogen (secondary N) is 1. The van der Waals surface area contributed by atoms with Gasteiger partial charge in [0.15, 0.2) is 6.23 Å². The van der Waals surface area contributed by atoms with Crippen LogP contribution in [0, 0.1) is 0 Å². The van der Waals surface area contributed by atoms with E-state index in [1.807, 2.05) is 59.3 Å². The lowest BCUT2D eigenvalue weighted by molar-refractivity contribution is -0.0367. The summed E-state index contributed by atoms with van der Waals surface area (Å²) in [5.74, 6) is -0.0910. The summed E-state index contributed by atoms with van der Waals surface area (Å²) >= 11 is 1.58. The molecule has 0 unspecified atom stereocenters. The molecule has 1 N–H and O–H groups in total. The fourth-order valence-corrected chi connectivity index (χ4v) is 5.09. The summed E-state index contributed by atoms with van der Waals surface area (Å²) in [6, 6.07) is 19.8. The van der Waals surface area contributed by atoms with E-state index in [2.05, 4.69) is 28.5 Å². The van der Waals surface area contributed by atoms with Crippen LogP contribution < -0.4 is 5.32 Å². The Bertz CT molecular complexity index is 1330. The molecule has 1 aliphatic heterocycles. The molecule has 0 bridgehead atoms. The van der Waals surface area contributed by atoms with Crippen LogP contribution in [0.2, 0.25) is 0 Å². The van der Waals surface area contributed by atoms with E-state index in [0.29, 0.717) is 5.56 Å². The maximum Gasteiger partial charge on any atom is 0.252 e. The van der Waals surface area contributed by atoms with Gasteiger partial charge in [0.2, 0.25) is 0 Å². The molecule has 4 aromatic rings. The number of aromatic nitrogens is 3. The van der Waals surface area contributed by atoms with Gasteiger partial charge in [-0.05, 0) is 73.9 Å². The number of hydrogen-bond acceptors (Lipinski definition) is 5. The standard InChI is InChI=1S/C27H26N4O2S/c1-28-27(32)22-9-2-3-10-25(22)34-20-13-14-21-23(15-12-19-8-4-6-16-29-19)30-31(24(21)18-20)26-11-5-7-17-33-26/h2-4,6,8-10,12-16,18,26H,5,7,11,17H2,1H3,(H,28,32)/b15-12+/t26-/m1/s1. The van der Waals surface area contributed by atoms with Crippen molar-refractivity contribution < 1.29 is 9.53 Å². The molecule has 0 saturated carbocycles. The van der Waals surface area contributed by atoms with Crippen molar-refractivity contribution in [3.63, 3.8) is 0 Å². The highest BCUT2D eigenvalue weighted by Gasteiger charge is 2.21. The summed E-state index contributed by atoms with van der Waals surface area (Å²) in [6.45, 7) is 0.749. The van der Waals surface area contributed by atoms with Gasteiger partial charge < -0.3 is 10.1 Å². The van der Waals surface area contributed by atoms with Crippen molar-refractivity contribution in [3.8, 4) is 0 Å². The van der Waals surface area contributed by atoms with Crippen LogP contribution in [0.3, 0.4) is 0 Å². The zero-order valence-electron chi connectivity index (χ0n) is 19.0. The number of fused-ring (bicyclic) bond motifs is 1. The first-order chi connectivity index (χ1) is 16.7. The number of carbonyl (C=O) groups is 1. The van der Waals surface area contributed by atoms with E-state index < -0.39 is 0 Å². The molecule has 3 heterocycles. The molecule has 1 aliphatic rings. The highest BCUT2D eigenvalue weighted by Crippen LogP contribution is 2.35. The molecule has 7 heteroatoms. The number of carbonyl (C=O) groups excluding carboxylic acids is 1.